The average Bonchev–Trinajstić information content (AvgIpc) is 2.97. The van der Waals surface area contributed by atoms with Gasteiger partial charge in [-0.3, -0.25) is 4.72 Å². The zero-order chi connectivity index (χ0) is 20.1. The number of aryl methyl sites for hydroxylation is 1. The molecule has 4 rings (SSSR count). The summed E-state index contributed by atoms with van der Waals surface area (Å²) in [6, 6.07) is 15.8. The molecule has 5 nitrogen and oxygen atoms in total. The Bertz CT molecular complexity index is 1330. The molecule has 0 aliphatic carbocycles. The van der Waals surface area contributed by atoms with Gasteiger partial charge in [0.1, 0.15) is 4.90 Å². The van der Waals surface area contributed by atoms with Crippen LogP contribution in [0.2, 0.25) is 10.0 Å². The molecule has 3 aromatic carbocycles. The molecular weight excluding hydrogens is 419 g/mol. The summed E-state index contributed by atoms with van der Waals surface area (Å²) in [7, 11) is -4.09. The molecule has 0 aliphatic heterocycles. The van der Waals surface area contributed by atoms with Gasteiger partial charge >= 0.3 is 0 Å². The second-order valence-electron chi connectivity index (χ2n) is 6.33. The Hall–Kier alpha value is -2.41. The fraction of sp³-hybridized carbons (Fsp3) is 0.100. The topological polar surface area (TPSA) is 71.3 Å². The van der Waals surface area contributed by atoms with E-state index in [1.54, 1.807) is 12.1 Å². The maximum absolute atomic E-state index is 12.8. The number of nitrogens with one attached hydrogen (secondary N) is 1. The Morgan fingerprint density at radius 1 is 1.00 bits per heavy atom. The van der Waals surface area contributed by atoms with Gasteiger partial charge in [0.25, 0.3) is 10.0 Å². The minimum Gasteiger partial charge on any atom is -0.505 e. The van der Waals surface area contributed by atoms with Crippen LogP contribution in [0.4, 0.5) is 5.69 Å². The lowest BCUT2D eigenvalue weighted by atomic mass is 10.1. The number of benzene rings is 3. The van der Waals surface area contributed by atoms with Crippen LogP contribution in [0.3, 0.4) is 0 Å². The second kappa shape index (κ2) is 6.88. The molecule has 0 amide bonds. The molecule has 0 saturated heterocycles. The molecule has 2 N–H and O–H groups in total. The van der Waals surface area contributed by atoms with E-state index >= 15 is 0 Å². The molecule has 1 aromatic heterocycles. The molecule has 0 spiro atoms. The van der Waals surface area contributed by atoms with Crippen molar-refractivity contribution in [3.63, 3.8) is 0 Å². The normalized spacial score (nSPS) is 12.0. The van der Waals surface area contributed by atoms with Crippen LogP contribution in [-0.2, 0) is 16.6 Å². The summed E-state index contributed by atoms with van der Waals surface area (Å²) in [5.41, 5.74) is 2.47. The monoisotopic (exact) mass is 434 g/mol. The number of aromatic nitrogens is 1. The van der Waals surface area contributed by atoms with Gasteiger partial charge in [-0.05, 0) is 43.3 Å². The number of sulfonamides is 1. The van der Waals surface area contributed by atoms with Gasteiger partial charge in [0, 0.05) is 39.1 Å². The van der Waals surface area contributed by atoms with Crippen LogP contribution in [0.15, 0.2) is 59.5 Å². The summed E-state index contributed by atoms with van der Waals surface area (Å²) < 4.78 is 30.3. The number of rotatable bonds is 4. The van der Waals surface area contributed by atoms with Crippen LogP contribution in [0.1, 0.15) is 6.92 Å². The minimum atomic E-state index is -4.09. The van der Waals surface area contributed by atoms with Gasteiger partial charge in [-0.25, -0.2) is 8.42 Å². The number of anilines is 1. The van der Waals surface area contributed by atoms with Crippen LogP contribution in [0.5, 0.6) is 5.75 Å². The van der Waals surface area contributed by atoms with E-state index in [-0.39, 0.29) is 14.9 Å². The van der Waals surface area contributed by atoms with Crippen molar-refractivity contribution in [1.82, 2.24) is 4.57 Å². The molecule has 0 saturated carbocycles. The highest BCUT2D eigenvalue weighted by molar-refractivity contribution is 7.92. The number of hydrogen-bond acceptors (Lipinski definition) is 3. The van der Waals surface area contributed by atoms with E-state index < -0.39 is 15.8 Å². The van der Waals surface area contributed by atoms with E-state index in [2.05, 4.69) is 16.2 Å². The Kier molecular flexibility index (Phi) is 4.65. The van der Waals surface area contributed by atoms with Crippen molar-refractivity contribution in [3.05, 3.63) is 64.6 Å². The molecule has 0 unspecified atom stereocenters. The van der Waals surface area contributed by atoms with Crippen LogP contribution in [0, 0.1) is 0 Å². The lowest BCUT2D eigenvalue weighted by Crippen LogP contribution is -2.13. The second-order valence-corrected chi connectivity index (χ2v) is 8.83. The smallest absolute Gasteiger partial charge is 0.265 e. The Morgan fingerprint density at radius 2 is 1.71 bits per heavy atom. The summed E-state index contributed by atoms with van der Waals surface area (Å²) in [6.07, 6.45) is 0. The molecule has 0 fully saturated rings. The van der Waals surface area contributed by atoms with Crippen LogP contribution < -0.4 is 4.72 Å². The third-order valence-electron chi connectivity index (χ3n) is 4.62. The van der Waals surface area contributed by atoms with E-state index in [1.165, 1.54) is 6.07 Å². The molecule has 1 heterocycles. The molecule has 0 bridgehead atoms. The Labute approximate surface area is 172 Å². The summed E-state index contributed by atoms with van der Waals surface area (Å²) in [6.45, 7) is 2.86. The van der Waals surface area contributed by atoms with Crippen LogP contribution in [0.25, 0.3) is 21.8 Å². The summed E-state index contributed by atoms with van der Waals surface area (Å²) in [5.74, 6) is -0.540. The minimum absolute atomic E-state index is 0.115. The van der Waals surface area contributed by atoms with Crippen molar-refractivity contribution in [2.75, 3.05) is 4.72 Å². The maximum Gasteiger partial charge on any atom is 0.265 e. The average molecular weight is 435 g/mol. The predicted molar refractivity (Wildman–Crippen MR) is 114 cm³/mol. The largest absolute Gasteiger partial charge is 0.505 e. The molecule has 8 heteroatoms. The van der Waals surface area contributed by atoms with Crippen molar-refractivity contribution in [2.45, 2.75) is 18.4 Å². The predicted octanol–water partition coefficient (Wildman–Crippen LogP) is 5.63. The lowest BCUT2D eigenvalue weighted by Gasteiger charge is -2.11. The highest BCUT2D eigenvalue weighted by Gasteiger charge is 2.22. The molecular formula is C20H16Cl2N2O3S. The number of halogens is 2. The quantitative estimate of drug-likeness (QED) is 0.437. The first-order valence-electron chi connectivity index (χ1n) is 8.53. The number of phenols is 1. The van der Waals surface area contributed by atoms with E-state index in [0.29, 0.717) is 5.69 Å². The van der Waals surface area contributed by atoms with Crippen LogP contribution >= 0.6 is 23.2 Å². The highest BCUT2D eigenvalue weighted by Crippen LogP contribution is 2.36. The highest BCUT2D eigenvalue weighted by atomic mass is 35.5. The van der Waals surface area contributed by atoms with E-state index in [0.717, 1.165) is 34.4 Å². The molecule has 0 aliphatic rings. The summed E-state index contributed by atoms with van der Waals surface area (Å²) >= 11 is 11.8. The van der Waals surface area contributed by atoms with Crippen molar-refractivity contribution in [3.8, 4) is 5.75 Å². The third kappa shape index (κ3) is 3.07. The lowest BCUT2D eigenvalue weighted by molar-refractivity contribution is 0.459. The van der Waals surface area contributed by atoms with Gasteiger partial charge in [-0.2, -0.15) is 0 Å². The number of fused-ring (bicyclic) bond motifs is 3. The number of hydrogen-bond donors (Lipinski definition) is 2. The first-order valence-corrected chi connectivity index (χ1v) is 10.8. The summed E-state index contributed by atoms with van der Waals surface area (Å²) in [4.78, 5) is -0.374. The Morgan fingerprint density at radius 3 is 2.46 bits per heavy atom. The fourth-order valence-electron chi connectivity index (χ4n) is 3.42. The van der Waals surface area contributed by atoms with E-state index in [1.807, 2.05) is 30.3 Å². The van der Waals surface area contributed by atoms with Gasteiger partial charge in [0.2, 0.25) is 0 Å². The van der Waals surface area contributed by atoms with Crippen molar-refractivity contribution < 1.29 is 13.5 Å². The number of phenolic OH excluding ortho intramolecular Hbond substituents is 1. The van der Waals surface area contributed by atoms with Gasteiger partial charge in [-0.1, -0.05) is 41.4 Å². The molecule has 0 atom stereocenters. The number of para-hydroxylation sites is 1. The van der Waals surface area contributed by atoms with Gasteiger partial charge in [0.05, 0.1) is 5.02 Å². The van der Waals surface area contributed by atoms with E-state index in [9.17, 15) is 13.5 Å². The first-order chi connectivity index (χ1) is 13.3. The molecule has 28 heavy (non-hydrogen) atoms. The number of nitrogens with zero attached hydrogens (tertiary/aromatic N) is 1. The van der Waals surface area contributed by atoms with Crippen molar-refractivity contribution >= 4 is 60.7 Å². The van der Waals surface area contributed by atoms with Gasteiger partial charge < -0.3 is 9.67 Å². The van der Waals surface area contributed by atoms with Crippen molar-refractivity contribution in [2.24, 2.45) is 0 Å². The zero-order valence-corrected chi connectivity index (χ0v) is 17.1. The molecule has 0 radical (unpaired) electrons. The zero-order valence-electron chi connectivity index (χ0n) is 14.8. The van der Waals surface area contributed by atoms with Crippen LogP contribution in [-0.4, -0.2) is 18.1 Å². The molecule has 4 aromatic rings. The first kappa shape index (κ1) is 18.9. The number of aromatic hydroxyl groups is 1. The SMILES string of the molecule is CCn1c2ccccc2c2cc(NS(=O)(=O)c3cc(Cl)cc(Cl)c3O)ccc21. The van der Waals surface area contributed by atoms with Gasteiger partial charge in [-0.15, -0.1) is 0 Å². The molecule has 144 valence electrons. The fourth-order valence-corrected chi connectivity index (χ4v) is 5.22. The summed E-state index contributed by atoms with van der Waals surface area (Å²) in [5, 5.41) is 12.0. The standard InChI is InChI=1S/C20H16Cl2N2O3S/c1-2-24-17-6-4-3-5-14(17)15-11-13(7-8-18(15)24)23-28(26,27)19-10-12(21)9-16(22)20(19)25/h3-11,23,25H,2H2,1H3. The maximum atomic E-state index is 12.8. The van der Waals surface area contributed by atoms with Crippen molar-refractivity contribution in [1.29, 1.82) is 0 Å². The third-order valence-corrected chi connectivity index (χ3v) is 6.52. The van der Waals surface area contributed by atoms with Gasteiger partial charge in [0.15, 0.2) is 5.75 Å². The Balaban J connectivity index is 1.84. The van der Waals surface area contributed by atoms with E-state index in [4.69, 9.17) is 23.2 Å².